The lowest BCUT2D eigenvalue weighted by atomic mass is 10.1. The third-order valence-electron chi connectivity index (χ3n) is 3.90. The van der Waals surface area contributed by atoms with Crippen LogP contribution in [0.1, 0.15) is 30.8 Å². The number of hydrogen-bond acceptors (Lipinski definition) is 6. The summed E-state index contributed by atoms with van der Waals surface area (Å²) in [7, 11) is 1.60. The Morgan fingerprint density at radius 2 is 2.29 bits per heavy atom. The lowest BCUT2D eigenvalue weighted by molar-refractivity contribution is 0.0126. The van der Waals surface area contributed by atoms with Crippen LogP contribution in [0.25, 0.3) is 0 Å². The Labute approximate surface area is 144 Å². The standard InChI is InChI=1S/C16H20N4O3S/c1-16(2,22-3)13-18-15(24-20-13)19-14(21)17-9-10-4-5-12-11(8-10)6-7-23-12/h4-5,8H,6-7,9H2,1-3H3,(H2,17,18,19,20,21). The SMILES string of the molecule is COC(C)(C)c1nsc(NC(=O)NCc2ccc3c(c2)CCO3)n1. The van der Waals surface area contributed by atoms with Gasteiger partial charge in [0.1, 0.15) is 11.4 Å². The summed E-state index contributed by atoms with van der Waals surface area (Å²) in [5.41, 5.74) is 1.64. The number of nitrogens with one attached hydrogen (secondary N) is 2. The second-order valence-corrected chi connectivity index (χ2v) is 6.74. The Bertz CT molecular complexity index is 745. The fraction of sp³-hybridized carbons (Fsp3) is 0.438. The van der Waals surface area contributed by atoms with E-state index < -0.39 is 5.60 Å². The van der Waals surface area contributed by atoms with Gasteiger partial charge in [0.2, 0.25) is 5.13 Å². The first-order valence-corrected chi connectivity index (χ1v) is 8.44. The molecule has 7 nitrogen and oxygen atoms in total. The van der Waals surface area contributed by atoms with E-state index in [1.807, 2.05) is 26.0 Å². The second kappa shape index (κ2) is 6.74. The predicted octanol–water partition coefficient (Wildman–Crippen LogP) is 2.68. The van der Waals surface area contributed by atoms with Crippen molar-refractivity contribution < 1.29 is 14.3 Å². The number of amides is 2. The first kappa shape index (κ1) is 16.7. The molecule has 2 N–H and O–H groups in total. The van der Waals surface area contributed by atoms with Gasteiger partial charge in [0, 0.05) is 31.6 Å². The summed E-state index contributed by atoms with van der Waals surface area (Å²) in [5.74, 6) is 1.48. The summed E-state index contributed by atoms with van der Waals surface area (Å²) in [6.45, 7) is 4.91. The molecule has 0 bridgehead atoms. The summed E-state index contributed by atoms with van der Waals surface area (Å²) < 4.78 is 15.0. The van der Waals surface area contributed by atoms with Crippen LogP contribution in [-0.4, -0.2) is 29.1 Å². The second-order valence-electron chi connectivity index (χ2n) is 5.99. The van der Waals surface area contributed by atoms with Crippen LogP contribution in [-0.2, 0) is 23.3 Å². The highest BCUT2D eigenvalue weighted by atomic mass is 32.1. The van der Waals surface area contributed by atoms with Crippen molar-refractivity contribution in [3.05, 3.63) is 35.2 Å². The first-order chi connectivity index (χ1) is 11.5. The van der Waals surface area contributed by atoms with Crippen LogP contribution in [0, 0.1) is 0 Å². The number of rotatable bonds is 5. The minimum atomic E-state index is -0.584. The molecule has 0 radical (unpaired) electrons. The Kier molecular flexibility index (Phi) is 4.68. The Hall–Kier alpha value is -2.19. The first-order valence-electron chi connectivity index (χ1n) is 7.67. The Morgan fingerprint density at radius 3 is 3.08 bits per heavy atom. The smallest absolute Gasteiger partial charge is 0.321 e. The molecule has 2 heterocycles. The maximum atomic E-state index is 12.0. The summed E-state index contributed by atoms with van der Waals surface area (Å²) in [6.07, 6.45) is 0.915. The van der Waals surface area contributed by atoms with Crippen LogP contribution in [0.3, 0.4) is 0 Å². The van der Waals surface area contributed by atoms with Gasteiger partial charge in [-0.25, -0.2) is 9.78 Å². The van der Waals surface area contributed by atoms with Crippen molar-refractivity contribution in [3.8, 4) is 5.75 Å². The zero-order valence-corrected chi connectivity index (χ0v) is 14.7. The highest BCUT2D eigenvalue weighted by Crippen LogP contribution is 2.26. The summed E-state index contributed by atoms with van der Waals surface area (Å²) in [6, 6.07) is 5.65. The fourth-order valence-electron chi connectivity index (χ4n) is 2.28. The molecule has 0 unspecified atom stereocenters. The van der Waals surface area contributed by atoms with E-state index in [0.717, 1.165) is 35.9 Å². The molecule has 0 fully saturated rings. The van der Waals surface area contributed by atoms with Gasteiger partial charge in [-0.1, -0.05) is 12.1 Å². The summed E-state index contributed by atoms with van der Waals surface area (Å²) >= 11 is 1.13. The average Bonchev–Trinajstić information content (AvgIpc) is 3.21. The molecule has 0 atom stereocenters. The monoisotopic (exact) mass is 348 g/mol. The van der Waals surface area contributed by atoms with Crippen LogP contribution < -0.4 is 15.4 Å². The highest BCUT2D eigenvalue weighted by molar-refractivity contribution is 7.09. The minimum Gasteiger partial charge on any atom is -0.493 e. The molecule has 8 heteroatoms. The van der Waals surface area contributed by atoms with Gasteiger partial charge in [0.05, 0.1) is 6.61 Å². The van der Waals surface area contributed by atoms with E-state index in [0.29, 0.717) is 17.5 Å². The molecular formula is C16H20N4O3S. The van der Waals surface area contributed by atoms with Gasteiger partial charge in [0.15, 0.2) is 5.82 Å². The maximum absolute atomic E-state index is 12.0. The van der Waals surface area contributed by atoms with E-state index >= 15 is 0 Å². The number of anilines is 1. The number of benzene rings is 1. The van der Waals surface area contributed by atoms with E-state index in [1.165, 1.54) is 5.56 Å². The molecule has 0 saturated heterocycles. The van der Waals surface area contributed by atoms with Crippen molar-refractivity contribution in [1.29, 1.82) is 0 Å². The molecule has 2 amide bonds. The van der Waals surface area contributed by atoms with E-state index in [4.69, 9.17) is 9.47 Å². The van der Waals surface area contributed by atoms with E-state index in [-0.39, 0.29) is 6.03 Å². The number of hydrogen-bond donors (Lipinski definition) is 2. The molecule has 1 aliphatic rings. The topological polar surface area (TPSA) is 85.4 Å². The van der Waals surface area contributed by atoms with E-state index in [9.17, 15) is 4.79 Å². The minimum absolute atomic E-state index is 0.315. The quantitative estimate of drug-likeness (QED) is 0.868. The van der Waals surface area contributed by atoms with Crippen LogP contribution in [0.4, 0.5) is 9.93 Å². The third-order valence-corrected chi connectivity index (χ3v) is 4.53. The maximum Gasteiger partial charge on any atom is 0.321 e. The van der Waals surface area contributed by atoms with E-state index in [2.05, 4.69) is 26.1 Å². The van der Waals surface area contributed by atoms with Crippen molar-refractivity contribution in [3.63, 3.8) is 0 Å². The van der Waals surface area contributed by atoms with Crippen LogP contribution >= 0.6 is 11.5 Å². The number of carbonyl (C=O) groups excluding carboxylic acids is 1. The predicted molar refractivity (Wildman–Crippen MR) is 91.4 cm³/mol. The molecule has 128 valence electrons. The number of methoxy groups -OCH3 is 1. The normalized spacial score (nSPS) is 13.3. The molecule has 3 rings (SSSR count). The average molecular weight is 348 g/mol. The van der Waals surface area contributed by atoms with Gasteiger partial charge in [-0.15, -0.1) is 0 Å². The van der Waals surface area contributed by atoms with Gasteiger partial charge in [-0.2, -0.15) is 4.37 Å². The van der Waals surface area contributed by atoms with Gasteiger partial charge < -0.3 is 14.8 Å². The molecule has 0 saturated carbocycles. The van der Waals surface area contributed by atoms with Crippen molar-refractivity contribution in [2.45, 2.75) is 32.4 Å². The molecule has 2 aromatic rings. The van der Waals surface area contributed by atoms with Crippen LogP contribution in [0.15, 0.2) is 18.2 Å². The number of urea groups is 1. The van der Waals surface area contributed by atoms with E-state index in [1.54, 1.807) is 7.11 Å². The molecule has 1 aromatic heterocycles. The molecule has 1 aliphatic heterocycles. The van der Waals surface area contributed by atoms with Crippen molar-refractivity contribution in [2.24, 2.45) is 0 Å². The van der Waals surface area contributed by atoms with Crippen LogP contribution in [0.5, 0.6) is 5.75 Å². The number of carbonyl (C=O) groups is 1. The largest absolute Gasteiger partial charge is 0.493 e. The lowest BCUT2D eigenvalue weighted by Gasteiger charge is -2.18. The van der Waals surface area contributed by atoms with Crippen molar-refractivity contribution in [1.82, 2.24) is 14.7 Å². The molecule has 24 heavy (non-hydrogen) atoms. The van der Waals surface area contributed by atoms with Crippen LogP contribution in [0.2, 0.25) is 0 Å². The zero-order chi connectivity index (χ0) is 17.2. The lowest BCUT2D eigenvalue weighted by Crippen LogP contribution is -2.28. The van der Waals surface area contributed by atoms with Gasteiger partial charge in [0.25, 0.3) is 0 Å². The number of fused-ring (bicyclic) bond motifs is 1. The summed E-state index contributed by atoms with van der Waals surface area (Å²) in [5, 5.41) is 5.95. The Balaban J connectivity index is 1.54. The molecular weight excluding hydrogens is 328 g/mol. The highest BCUT2D eigenvalue weighted by Gasteiger charge is 2.25. The number of ether oxygens (including phenoxy) is 2. The van der Waals surface area contributed by atoms with Gasteiger partial charge >= 0.3 is 6.03 Å². The van der Waals surface area contributed by atoms with Gasteiger partial charge in [-0.3, -0.25) is 5.32 Å². The fourth-order valence-corrected chi connectivity index (χ4v) is 2.98. The van der Waals surface area contributed by atoms with Crippen molar-refractivity contribution in [2.75, 3.05) is 19.0 Å². The molecule has 0 aliphatic carbocycles. The number of aromatic nitrogens is 2. The third kappa shape index (κ3) is 3.65. The van der Waals surface area contributed by atoms with Gasteiger partial charge in [-0.05, 0) is 31.0 Å². The number of nitrogens with zero attached hydrogens (tertiary/aromatic N) is 2. The molecule has 1 aromatic carbocycles. The van der Waals surface area contributed by atoms with Crippen molar-refractivity contribution >= 4 is 22.7 Å². The molecule has 0 spiro atoms. The zero-order valence-electron chi connectivity index (χ0n) is 13.9. The Morgan fingerprint density at radius 1 is 1.46 bits per heavy atom. The summed E-state index contributed by atoms with van der Waals surface area (Å²) in [4.78, 5) is 16.3.